The van der Waals surface area contributed by atoms with Crippen LogP contribution in [-0.4, -0.2) is 80.4 Å². The summed E-state index contributed by atoms with van der Waals surface area (Å²) in [5, 5.41) is 26.7. The molecule has 7 rings (SSSR count). The number of carbonyl (C=O) groups is 2. The molecule has 2 amide bonds. The standard InChI is InChI=1S/C38H43F2N11O2/c1-24(20-41)44-32-19-35(45-37-31(40)18-28(39)21-43-37)42-22-34(32)51-23-33(47-48-51)27-4-2-25(3-5-27)12-13-49-14-16-50(17-15-49)29-8-6-26(7-9-29)30-10-11-36(52)46-38(30)53/h6-9,18-19,21-25,27,30H,2-5,10-17H2,1H3,(H,46,52,53)(H2,42,43,44,45)/t24-,25?,27?,30?/m1/s1. The number of nitrogens with zero attached hydrogens (tertiary/aromatic N) is 8. The summed E-state index contributed by atoms with van der Waals surface area (Å²) >= 11 is 0. The van der Waals surface area contributed by atoms with E-state index in [4.69, 9.17) is 0 Å². The zero-order chi connectivity index (χ0) is 36.9. The number of imide groups is 1. The van der Waals surface area contributed by atoms with E-state index in [-0.39, 0.29) is 29.4 Å². The maximum atomic E-state index is 14.2. The Balaban J connectivity index is 0.885. The molecule has 1 aliphatic carbocycles. The lowest BCUT2D eigenvalue weighted by Crippen LogP contribution is -2.47. The maximum Gasteiger partial charge on any atom is 0.234 e. The first-order chi connectivity index (χ1) is 25.7. The molecule has 3 N–H and O–H groups in total. The molecule has 3 fully saturated rings. The van der Waals surface area contributed by atoms with Gasteiger partial charge in [0.05, 0.1) is 42.0 Å². The van der Waals surface area contributed by atoms with Gasteiger partial charge in [-0.2, -0.15) is 5.26 Å². The van der Waals surface area contributed by atoms with Crippen molar-refractivity contribution in [2.45, 2.75) is 69.7 Å². The van der Waals surface area contributed by atoms with Gasteiger partial charge in [0.25, 0.3) is 0 Å². The molecule has 0 spiro atoms. The van der Waals surface area contributed by atoms with E-state index in [9.17, 15) is 23.6 Å². The fraction of sp³-hybridized carbons (Fsp3) is 0.447. The van der Waals surface area contributed by atoms with Gasteiger partial charge in [0, 0.05) is 56.3 Å². The van der Waals surface area contributed by atoms with Crippen molar-refractivity contribution >= 4 is 34.8 Å². The first-order valence-corrected chi connectivity index (χ1v) is 18.3. The number of nitriles is 1. The van der Waals surface area contributed by atoms with E-state index in [1.54, 1.807) is 23.9 Å². The van der Waals surface area contributed by atoms with Crippen molar-refractivity contribution in [1.82, 2.24) is 35.2 Å². The maximum absolute atomic E-state index is 14.2. The van der Waals surface area contributed by atoms with E-state index >= 15 is 0 Å². The molecule has 2 atom stereocenters. The number of anilines is 4. The minimum absolute atomic E-state index is 0.167. The molecule has 13 nitrogen and oxygen atoms in total. The number of piperidine rings is 1. The average Bonchev–Trinajstić information content (AvgIpc) is 3.66. The third-order valence-electron chi connectivity index (χ3n) is 10.7. The third kappa shape index (κ3) is 8.60. The molecule has 5 heterocycles. The number of piperazine rings is 1. The molecule has 1 saturated carbocycles. The van der Waals surface area contributed by atoms with Crippen LogP contribution in [0.1, 0.15) is 75.0 Å². The number of pyridine rings is 2. The second kappa shape index (κ2) is 16.0. The number of nitrogens with one attached hydrogen (secondary N) is 3. The molecule has 53 heavy (non-hydrogen) atoms. The van der Waals surface area contributed by atoms with Gasteiger partial charge in [-0.05, 0) is 75.6 Å². The van der Waals surface area contributed by atoms with Crippen LogP contribution < -0.4 is 20.9 Å². The summed E-state index contributed by atoms with van der Waals surface area (Å²) in [6.07, 6.45) is 10.9. The quantitative estimate of drug-likeness (QED) is 0.170. The van der Waals surface area contributed by atoms with Gasteiger partial charge in [0.1, 0.15) is 23.4 Å². The van der Waals surface area contributed by atoms with Gasteiger partial charge in [-0.15, -0.1) is 5.10 Å². The fourth-order valence-electron chi connectivity index (χ4n) is 7.56. The van der Waals surface area contributed by atoms with Crippen molar-refractivity contribution in [3.05, 3.63) is 77.9 Å². The lowest BCUT2D eigenvalue weighted by Gasteiger charge is -2.37. The minimum atomic E-state index is -0.848. The molecule has 1 unspecified atom stereocenters. The summed E-state index contributed by atoms with van der Waals surface area (Å²) in [6.45, 7) is 6.77. The highest BCUT2D eigenvalue weighted by Gasteiger charge is 2.29. The Morgan fingerprint density at radius 2 is 1.77 bits per heavy atom. The molecule has 1 aromatic carbocycles. The zero-order valence-corrected chi connectivity index (χ0v) is 29.6. The van der Waals surface area contributed by atoms with Crippen LogP contribution in [0.4, 0.5) is 31.8 Å². The molecule has 2 aliphatic heterocycles. The van der Waals surface area contributed by atoms with Crippen molar-refractivity contribution in [3.8, 4) is 11.8 Å². The van der Waals surface area contributed by atoms with E-state index in [0.717, 1.165) is 81.9 Å². The topological polar surface area (TPSA) is 157 Å². The molecule has 276 valence electrons. The predicted molar refractivity (Wildman–Crippen MR) is 195 cm³/mol. The number of carbonyl (C=O) groups excluding carboxylic acids is 2. The van der Waals surface area contributed by atoms with Crippen LogP contribution in [0.3, 0.4) is 0 Å². The van der Waals surface area contributed by atoms with Crippen LogP contribution in [0.15, 0.2) is 55.0 Å². The Labute approximate surface area is 306 Å². The highest BCUT2D eigenvalue weighted by molar-refractivity contribution is 6.00. The number of hydrogen-bond donors (Lipinski definition) is 3. The molecule has 3 aliphatic rings. The van der Waals surface area contributed by atoms with Gasteiger partial charge in [0.15, 0.2) is 11.6 Å². The second-order valence-electron chi connectivity index (χ2n) is 14.2. The molecule has 3 aromatic heterocycles. The van der Waals surface area contributed by atoms with E-state index in [1.807, 2.05) is 18.3 Å². The van der Waals surface area contributed by atoms with E-state index < -0.39 is 17.7 Å². The van der Waals surface area contributed by atoms with Crippen molar-refractivity contribution in [1.29, 1.82) is 5.26 Å². The largest absolute Gasteiger partial charge is 0.369 e. The first kappa shape index (κ1) is 35.9. The SMILES string of the molecule is C[C@H](C#N)Nc1cc(Nc2ncc(F)cc2F)ncc1-n1cc(C2CCC(CCN3CCN(c4ccc(C5CCC(=O)NC5=O)cc4)CC3)CC2)nn1. The second-order valence-corrected chi connectivity index (χ2v) is 14.2. The van der Waals surface area contributed by atoms with Gasteiger partial charge in [-0.25, -0.2) is 23.4 Å². The normalized spacial score (nSPS) is 21.5. The summed E-state index contributed by atoms with van der Waals surface area (Å²) in [5.74, 6) is -1.20. The van der Waals surface area contributed by atoms with Crippen LogP contribution in [0, 0.1) is 28.9 Å². The summed E-state index contributed by atoms with van der Waals surface area (Å²) in [5.41, 5.74) is 4.18. The van der Waals surface area contributed by atoms with E-state index in [2.05, 4.69) is 64.2 Å². The summed E-state index contributed by atoms with van der Waals surface area (Å²) in [7, 11) is 0. The number of aromatic nitrogens is 5. The minimum Gasteiger partial charge on any atom is -0.369 e. The van der Waals surface area contributed by atoms with Crippen molar-refractivity contribution in [2.24, 2.45) is 5.92 Å². The average molecular weight is 724 g/mol. The van der Waals surface area contributed by atoms with Crippen LogP contribution in [0.5, 0.6) is 0 Å². The van der Waals surface area contributed by atoms with Crippen LogP contribution in [0.2, 0.25) is 0 Å². The summed E-state index contributed by atoms with van der Waals surface area (Å²) in [4.78, 5) is 36.9. The molecule has 4 aromatic rings. The Bertz CT molecular complexity index is 1970. The number of rotatable bonds is 11. The van der Waals surface area contributed by atoms with Crippen molar-refractivity contribution in [3.63, 3.8) is 0 Å². The number of amides is 2. The monoisotopic (exact) mass is 723 g/mol. The first-order valence-electron chi connectivity index (χ1n) is 18.3. The zero-order valence-electron chi connectivity index (χ0n) is 29.6. The Morgan fingerprint density at radius 1 is 1.00 bits per heavy atom. The fourth-order valence-corrected chi connectivity index (χ4v) is 7.56. The van der Waals surface area contributed by atoms with Crippen LogP contribution >= 0.6 is 0 Å². The predicted octanol–water partition coefficient (Wildman–Crippen LogP) is 5.41. The molecular weight excluding hydrogens is 680 g/mol. The molecule has 2 saturated heterocycles. The smallest absolute Gasteiger partial charge is 0.234 e. The molecular formula is C38H43F2N11O2. The molecule has 0 radical (unpaired) electrons. The van der Waals surface area contributed by atoms with Crippen molar-refractivity contribution in [2.75, 3.05) is 48.3 Å². The third-order valence-corrected chi connectivity index (χ3v) is 10.7. The Hall–Kier alpha value is -5.49. The Kier molecular flexibility index (Phi) is 10.9. The van der Waals surface area contributed by atoms with Crippen LogP contribution in [0.25, 0.3) is 5.69 Å². The Morgan fingerprint density at radius 3 is 2.49 bits per heavy atom. The lowest BCUT2D eigenvalue weighted by molar-refractivity contribution is -0.134. The number of benzene rings is 1. The highest BCUT2D eigenvalue weighted by atomic mass is 19.1. The molecule has 15 heteroatoms. The number of hydrogen-bond acceptors (Lipinski definition) is 11. The van der Waals surface area contributed by atoms with Gasteiger partial charge in [-0.1, -0.05) is 17.3 Å². The van der Waals surface area contributed by atoms with E-state index in [1.165, 1.54) is 12.1 Å². The van der Waals surface area contributed by atoms with Gasteiger partial charge < -0.3 is 15.5 Å². The van der Waals surface area contributed by atoms with Gasteiger partial charge in [-0.3, -0.25) is 19.8 Å². The van der Waals surface area contributed by atoms with E-state index in [0.29, 0.717) is 36.1 Å². The van der Waals surface area contributed by atoms with Gasteiger partial charge in [0.2, 0.25) is 11.8 Å². The summed E-state index contributed by atoms with van der Waals surface area (Å²) in [6, 6.07) is 12.2. The van der Waals surface area contributed by atoms with Gasteiger partial charge >= 0.3 is 0 Å². The number of halogens is 2. The highest BCUT2D eigenvalue weighted by Crippen LogP contribution is 2.37. The summed E-state index contributed by atoms with van der Waals surface area (Å²) < 4.78 is 29.2. The lowest BCUT2D eigenvalue weighted by atomic mass is 9.79. The van der Waals surface area contributed by atoms with Crippen LogP contribution in [-0.2, 0) is 9.59 Å². The molecule has 0 bridgehead atoms. The van der Waals surface area contributed by atoms with Crippen molar-refractivity contribution < 1.29 is 18.4 Å².